The number of carbonyl (C=O) groups excluding carboxylic acids is 2. The van der Waals surface area contributed by atoms with Gasteiger partial charge in [-0.15, -0.1) is 0 Å². The molecular weight excluding hydrogens is 456 g/mol. The number of benzene rings is 1. The molecule has 2 amide bonds. The maximum absolute atomic E-state index is 14.0. The minimum Gasteiger partial charge on any atom is -0.351 e. The molecule has 2 atom stereocenters. The average Bonchev–Trinajstić information content (AvgIpc) is 2.88. The van der Waals surface area contributed by atoms with Crippen LogP contribution in [0, 0.1) is 0 Å². The summed E-state index contributed by atoms with van der Waals surface area (Å²) in [4.78, 5) is 33.9. The van der Waals surface area contributed by atoms with Crippen molar-refractivity contribution in [3.8, 4) is 0 Å². The second-order valence-electron chi connectivity index (χ2n) is 10.6. The molecule has 6 nitrogen and oxygen atoms in total. The van der Waals surface area contributed by atoms with Gasteiger partial charge in [0.05, 0.1) is 6.04 Å². The number of hydrogen-bond acceptors (Lipinski definition) is 5. The Kier molecular flexibility index (Phi) is 8.50. The van der Waals surface area contributed by atoms with Crippen LogP contribution in [0.1, 0.15) is 70.0 Å². The van der Waals surface area contributed by atoms with Gasteiger partial charge in [0, 0.05) is 47.7 Å². The van der Waals surface area contributed by atoms with Crippen molar-refractivity contribution in [3.05, 3.63) is 59.9 Å². The first-order valence-corrected chi connectivity index (χ1v) is 13.9. The van der Waals surface area contributed by atoms with E-state index >= 15 is 0 Å². The van der Waals surface area contributed by atoms with E-state index in [2.05, 4.69) is 48.5 Å². The van der Waals surface area contributed by atoms with E-state index in [1.54, 1.807) is 29.1 Å². The van der Waals surface area contributed by atoms with Gasteiger partial charge in [-0.05, 0) is 42.0 Å². The lowest BCUT2D eigenvalue weighted by Crippen LogP contribution is -2.55. The van der Waals surface area contributed by atoms with E-state index in [0.29, 0.717) is 5.75 Å². The van der Waals surface area contributed by atoms with Crippen LogP contribution in [0.5, 0.6) is 0 Å². The van der Waals surface area contributed by atoms with Crippen LogP contribution in [-0.2, 0) is 15.0 Å². The lowest BCUT2D eigenvalue weighted by atomic mass is 9.87. The molecule has 2 fully saturated rings. The predicted molar refractivity (Wildman–Crippen MR) is 144 cm³/mol. The van der Waals surface area contributed by atoms with Gasteiger partial charge < -0.3 is 10.6 Å². The molecule has 2 aliphatic rings. The average molecular weight is 495 g/mol. The zero-order chi connectivity index (χ0) is 24.8. The summed E-state index contributed by atoms with van der Waals surface area (Å²) in [7, 11) is 0. The zero-order valence-corrected chi connectivity index (χ0v) is 21.9. The molecule has 188 valence electrons. The van der Waals surface area contributed by atoms with Crippen molar-refractivity contribution in [3.63, 3.8) is 0 Å². The first kappa shape index (κ1) is 25.7. The normalized spacial score (nSPS) is 20.1. The second kappa shape index (κ2) is 11.6. The number of amides is 2. The maximum atomic E-state index is 14.0. The Morgan fingerprint density at radius 3 is 2.46 bits per heavy atom. The summed E-state index contributed by atoms with van der Waals surface area (Å²) in [5.74, 6) is 1.47. The standard InChI is InChI=1S/C28H38N4O2S/c1-28(2,3)21-11-13-23(14-12-21)32(27(34)24-19-35-17-16-30-24)25(20-8-7-15-29-18-20)26(33)31-22-9-5-4-6-10-22/h7-8,11-15,18,22,24-25,30H,4-6,9-10,16-17,19H2,1-3H3,(H,31,33)/t24-,25?/m1/s1. The van der Waals surface area contributed by atoms with Gasteiger partial charge in [-0.2, -0.15) is 11.8 Å². The Morgan fingerprint density at radius 1 is 1.11 bits per heavy atom. The highest BCUT2D eigenvalue weighted by atomic mass is 32.2. The second-order valence-corrected chi connectivity index (χ2v) is 11.8. The van der Waals surface area contributed by atoms with Crippen molar-refractivity contribution in [2.75, 3.05) is 23.0 Å². The van der Waals surface area contributed by atoms with Gasteiger partial charge in [-0.1, -0.05) is 58.2 Å². The van der Waals surface area contributed by atoms with Crippen molar-refractivity contribution >= 4 is 29.3 Å². The lowest BCUT2D eigenvalue weighted by Gasteiger charge is -2.36. The number of aromatic nitrogens is 1. The molecule has 1 aliphatic carbocycles. The first-order chi connectivity index (χ1) is 16.8. The van der Waals surface area contributed by atoms with E-state index in [-0.39, 0.29) is 29.3 Å². The van der Waals surface area contributed by atoms with Crippen LogP contribution in [-0.4, -0.2) is 46.9 Å². The minimum absolute atomic E-state index is 0.00393. The molecular formula is C28H38N4O2S. The summed E-state index contributed by atoms with van der Waals surface area (Å²) in [5, 5.41) is 6.65. The topological polar surface area (TPSA) is 74.3 Å². The van der Waals surface area contributed by atoms with E-state index in [1.165, 1.54) is 12.0 Å². The molecule has 1 unspecified atom stereocenters. The molecule has 0 radical (unpaired) electrons. The van der Waals surface area contributed by atoms with Crippen molar-refractivity contribution in [2.24, 2.45) is 0 Å². The van der Waals surface area contributed by atoms with E-state index < -0.39 is 6.04 Å². The van der Waals surface area contributed by atoms with Crippen molar-refractivity contribution in [1.29, 1.82) is 0 Å². The number of anilines is 1. The number of rotatable bonds is 6. The van der Waals surface area contributed by atoms with E-state index in [4.69, 9.17) is 0 Å². The third kappa shape index (κ3) is 6.44. The Morgan fingerprint density at radius 2 is 1.86 bits per heavy atom. The summed E-state index contributed by atoms with van der Waals surface area (Å²) in [6.45, 7) is 7.29. The molecule has 1 aliphatic heterocycles. The summed E-state index contributed by atoms with van der Waals surface area (Å²) < 4.78 is 0. The van der Waals surface area contributed by atoms with Crippen LogP contribution >= 0.6 is 11.8 Å². The molecule has 1 aromatic carbocycles. The van der Waals surface area contributed by atoms with E-state index in [9.17, 15) is 9.59 Å². The molecule has 0 spiro atoms. The predicted octanol–water partition coefficient (Wildman–Crippen LogP) is 4.61. The number of nitrogens with zero attached hydrogens (tertiary/aromatic N) is 2. The lowest BCUT2D eigenvalue weighted by molar-refractivity contribution is -0.127. The van der Waals surface area contributed by atoms with Gasteiger partial charge in [0.1, 0.15) is 6.04 Å². The van der Waals surface area contributed by atoms with Crippen molar-refractivity contribution in [2.45, 2.75) is 76.4 Å². The monoisotopic (exact) mass is 494 g/mol. The highest BCUT2D eigenvalue weighted by Gasteiger charge is 2.37. The Labute approximate surface area is 213 Å². The molecule has 4 rings (SSSR count). The van der Waals surface area contributed by atoms with E-state index in [1.807, 2.05) is 24.3 Å². The van der Waals surface area contributed by atoms with Crippen LogP contribution in [0.3, 0.4) is 0 Å². The largest absolute Gasteiger partial charge is 0.351 e. The Hall–Kier alpha value is -2.38. The molecule has 7 heteroatoms. The summed E-state index contributed by atoms with van der Waals surface area (Å²) in [5.41, 5.74) is 2.63. The van der Waals surface area contributed by atoms with Crippen LogP contribution in [0.25, 0.3) is 0 Å². The first-order valence-electron chi connectivity index (χ1n) is 12.8. The third-order valence-electron chi connectivity index (χ3n) is 6.93. The number of carbonyl (C=O) groups is 2. The van der Waals surface area contributed by atoms with Gasteiger partial charge in [-0.25, -0.2) is 0 Å². The SMILES string of the molecule is CC(C)(C)c1ccc(N(C(=O)[C@H]2CSCCN2)C(C(=O)NC2CCCCC2)c2cccnc2)cc1. The molecule has 1 aromatic heterocycles. The molecule has 2 N–H and O–H groups in total. The number of nitrogens with one attached hydrogen (secondary N) is 2. The maximum Gasteiger partial charge on any atom is 0.248 e. The fourth-order valence-corrected chi connectivity index (χ4v) is 5.82. The number of pyridine rings is 1. The Balaban J connectivity index is 1.74. The van der Waals surface area contributed by atoms with Crippen LogP contribution in [0.4, 0.5) is 5.69 Å². The molecule has 35 heavy (non-hydrogen) atoms. The summed E-state index contributed by atoms with van der Waals surface area (Å²) in [6, 6.07) is 10.8. The quantitative estimate of drug-likeness (QED) is 0.614. The summed E-state index contributed by atoms with van der Waals surface area (Å²) >= 11 is 1.77. The smallest absolute Gasteiger partial charge is 0.248 e. The van der Waals surface area contributed by atoms with Gasteiger partial charge in [0.25, 0.3) is 0 Å². The number of thioether (sulfide) groups is 1. The fraction of sp³-hybridized carbons (Fsp3) is 0.536. The highest BCUT2D eigenvalue weighted by molar-refractivity contribution is 7.99. The number of hydrogen-bond donors (Lipinski definition) is 2. The highest BCUT2D eigenvalue weighted by Crippen LogP contribution is 2.32. The third-order valence-corrected chi connectivity index (χ3v) is 7.99. The van der Waals surface area contributed by atoms with Crippen molar-refractivity contribution in [1.82, 2.24) is 15.6 Å². The van der Waals surface area contributed by atoms with Crippen LogP contribution < -0.4 is 15.5 Å². The minimum atomic E-state index is -0.785. The fourth-order valence-electron chi connectivity index (χ4n) is 4.90. The molecule has 1 saturated heterocycles. The summed E-state index contributed by atoms with van der Waals surface area (Å²) in [6.07, 6.45) is 8.85. The van der Waals surface area contributed by atoms with E-state index in [0.717, 1.165) is 49.2 Å². The van der Waals surface area contributed by atoms with Crippen molar-refractivity contribution < 1.29 is 9.59 Å². The van der Waals surface area contributed by atoms with Gasteiger partial charge in [-0.3, -0.25) is 19.5 Å². The van der Waals surface area contributed by atoms with Crippen LogP contribution in [0.15, 0.2) is 48.8 Å². The van der Waals surface area contributed by atoms with Crippen LogP contribution in [0.2, 0.25) is 0 Å². The Bertz CT molecular complexity index is 978. The van der Waals surface area contributed by atoms with Gasteiger partial charge in [0.2, 0.25) is 11.8 Å². The molecule has 1 saturated carbocycles. The van der Waals surface area contributed by atoms with Gasteiger partial charge >= 0.3 is 0 Å². The van der Waals surface area contributed by atoms with Gasteiger partial charge in [0.15, 0.2) is 0 Å². The molecule has 2 heterocycles. The molecule has 0 bridgehead atoms. The molecule has 2 aromatic rings. The zero-order valence-electron chi connectivity index (χ0n) is 21.1.